The van der Waals surface area contributed by atoms with Gasteiger partial charge in [-0.2, -0.15) is 4.39 Å². The van der Waals surface area contributed by atoms with E-state index >= 15 is 4.39 Å². The van der Waals surface area contributed by atoms with Crippen molar-refractivity contribution in [2.24, 2.45) is 0 Å². The minimum Gasteiger partial charge on any atom is -0.353 e. The summed E-state index contributed by atoms with van der Waals surface area (Å²) in [6.07, 6.45) is 5.18. The van der Waals surface area contributed by atoms with E-state index in [9.17, 15) is 8.78 Å². The maximum absolute atomic E-state index is 15.0. The molecule has 4 heterocycles. The number of piperazine rings is 1. The number of aromatic nitrogens is 4. The minimum atomic E-state index is -0.735. The highest BCUT2D eigenvalue weighted by Gasteiger charge is 2.30. The third-order valence-corrected chi connectivity index (χ3v) is 6.36. The molecule has 0 atom stereocenters. The molecule has 1 aliphatic heterocycles. The second kappa shape index (κ2) is 8.77. The predicted octanol–water partition coefficient (Wildman–Crippen LogP) is 4.53. The van der Waals surface area contributed by atoms with Gasteiger partial charge in [-0.15, -0.1) is 0 Å². The fourth-order valence-electron chi connectivity index (χ4n) is 4.44. The molecule has 0 radical (unpaired) electrons. The monoisotopic (exact) mass is 477 g/mol. The van der Waals surface area contributed by atoms with Crippen molar-refractivity contribution in [2.45, 2.75) is 18.8 Å². The van der Waals surface area contributed by atoms with Crippen LogP contribution in [0.4, 0.5) is 30.5 Å². The second-order valence-electron chi connectivity index (χ2n) is 8.76. The Labute approximate surface area is 199 Å². The molecule has 1 aromatic carbocycles. The van der Waals surface area contributed by atoms with Gasteiger partial charge in [-0.25, -0.2) is 28.7 Å². The summed E-state index contributed by atoms with van der Waals surface area (Å²) in [5.41, 5.74) is 1.39. The van der Waals surface area contributed by atoms with Gasteiger partial charge in [0.1, 0.15) is 34.5 Å². The van der Waals surface area contributed by atoms with Crippen LogP contribution in [0.1, 0.15) is 24.3 Å². The van der Waals surface area contributed by atoms with Crippen molar-refractivity contribution >= 4 is 28.2 Å². The Morgan fingerprint density at radius 1 is 0.971 bits per heavy atom. The number of hydrogen-bond acceptors (Lipinski definition) is 7. The minimum absolute atomic E-state index is 0.180. The van der Waals surface area contributed by atoms with Crippen LogP contribution in [0, 0.1) is 17.6 Å². The molecule has 2 fully saturated rings. The molecule has 3 aromatic heterocycles. The second-order valence-corrected chi connectivity index (χ2v) is 8.76. The van der Waals surface area contributed by atoms with E-state index in [1.54, 1.807) is 18.3 Å². The van der Waals surface area contributed by atoms with Crippen LogP contribution in [-0.4, -0.2) is 46.1 Å². The smallest absolute Gasteiger partial charge is 0.239 e. The van der Waals surface area contributed by atoms with Gasteiger partial charge in [0.15, 0.2) is 5.82 Å². The van der Waals surface area contributed by atoms with E-state index in [1.807, 2.05) is 0 Å². The summed E-state index contributed by atoms with van der Waals surface area (Å²) in [6.45, 7) is 3.06. The highest BCUT2D eigenvalue weighted by molar-refractivity contribution is 5.94. The lowest BCUT2D eigenvalue weighted by Crippen LogP contribution is -2.44. The topological polar surface area (TPSA) is 78.9 Å². The zero-order valence-corrected chi connectivity index (χ0v) is 18.7. The molecule has 6 rings (SSSR count). The van der Waals surface area contributed by atoms with Gasteiger partial charge in [0.2, 0.25) is 5.95 Å². The molecule has 4 aromatic rings. The average molecular weight is 477 g/mol. The summed E-state index contributed by atoms with van der Waals surface area (Å²) in [4.78, 5) is 19.7. The average Bonchev–Trinajstić information content (AvgIpc) is 3.72. The quantitative estimate of drug-likeness (QED) is 0.409. The van der Waals surface area contributed by atoms with E-state index < -0.39 is 17.6 Å². The summed E-state index contributed by atoms with van der Waals surface area (Å²) in [7, 11) is 0. The van der Waals surface area contributed by atoms with Crippen LogP contribution in [0.3, 0.4) is 0 Å². The largest absolute Gasteiger partial charge is 0.353 e. The number of rotatable bonds is 5. The van der Waals surface area contributed by atoms with Gasteiger partial charge in [-0.3, -0.25) is 0 Å². The maximum atomic E-state index is 15.0. The zero-order valence-electron chi connectivity index (χ0n) is 18.7. The van der Waals surface area contributed by atoms with Crippen LogP contribution in [0.25, 0.3) is 22.3 Å². The van der Waals surface area contributed by atoms with E-state index in [2.05, 4.69) is 30.5 Å². The lowest BCUT2D eigenvalue weighted by molar-refractivity contribution is 0.583. The van der Waals surface area contributed by atoms with Crippen molar-refractivity contribution < 1.29 is 13.2 Å². The van der Waals surface area contributed by atoms with Crippen molar-refractivity contribution in [1.82, 2.24) is 25.3 Å². The number of para-hydroxylation sites is 1. The SMILES string of the molecule is Fc1cccc(F)c1Nc1cc(-c2nc(N3CCNCC3)c3c(C4CC4)cnc(F)c3n2)ccn1. The zero-order chi connectivity index (χ0) is 23.9. The highest BCUT2D eigenvalue weighted by Crippen LogP contribution is 2.45. The number of anilines is 3. The Morgan fingerprint density at radius 3 is 2.49 bits per heavy atom. The van der Waals surface area contributed by atoms with E-state index in [0.717, 1.165) is 56.7 Å². The van der Waals surface area contributed by atoms with Gasteiger partial charge in [-0.1, -0.05) is 6.07 Å². The number of halogens is 3. The lowest BCUT2D eigenvalue weighted by atomic mass is 10.1. The van der Waals surface area contributed by atoms with Gasteiger partial charge in [0.05, 0.1) is 5.39 Å². The number of benzene rings is 1. The van der Waals surface area contributed by atoms with Crippen LogP contribution in [0.15, 0.2) is 42.7 Å². The van der Waals surface area contributed by atoms with Crippen molar-refractivity contribution in [1.29, 1.82) is 0 Å². The molecular formula is C25H22F3N7. The number of fused-ring (bicyclic) bond motifs is 1. The van der Waals surface area contributed by atoms with E-state index in [4.69, 9.17) is 4.98 Å². The molecule has 2 aliphatic rings. The van der Waals surface area contributed by atoms with Gasteiger partial charge in [0.25, 0.3) is 0 Å². The summed E-state index contributed by atoms with van der Waals surface area (Å²) >= 11 is 0. The third-order valence-electron chi connectivity index (χ3n) is 6.36. The fraction of sp³-hybridized carbons (Fsp3) is 0.280. The first-order valence-electron chi connectivity index (χ1n) is 11.6. The molecule has 1 aliphatic carbocycles. The first kappa shape index (κ1) is 21.7. The molecular weight excluding hydrogens is 455 g/mol. The lowest BCUT2D eigenvalue weighted by Gasteiger charge is -2.30. The van der Waals surface area contributed by atoms with Crippen molar-refractivity contribution in [3.05, 3.63) is 65.9 Å². The number of nitrogens with one attached hydrogen (secondary N) is 2. The first-order valence-corrected chi connectivity index (χ1v) is 11.6. The Kier molecular flexibility index (Phi) is 5.44. The molecule has 2 N–H and O–H groups in total. The molecule has 1 saturated carbocycles. The molecule has 178 valence electrons. The predicted molar refractivity (Wildman–Crippen MR) is 127 cm³/mol. The van der Waals surface area contributed by atoms with Crippen LogP contribution in [-0.2, 0) is 0 Å². The Bertz CT molecular complexity index is 1400. The van der Waals surface area contributed by atoms with Crippen molar-refractivity contribution in [3.8, 4) is 11.4 Å². The molecule has 0 amide bonds. The summed E-state index contributed by atoms with van der Waals surface area (Å²) in [6, 6.07) is 6.88. The van der Waals surface area contributed by atoms with E-state index in [0.29, 0.717) is 28.5 Å². The standard InChI is InChI=1S/C25H22F3N7/c26-17-2-1-3-18(27)21(17)32-19-12-15(6-7-30-19)24-33-22-20(16(14-4-5-14)13-31-23(22)28)25(34-24)35-10-8-29-9-11-35/h1-3,6-7,12-14,29H,4-5,8-11H2,(H,30,32). The normalized spacial score (nSPS) is 16.0. The van der Waals surface area contributed by atoms with E-state index in [-0.39, 0.29) is 17.0 Å². The molecule has 7 nitrogen and oxygen atoms in total. The van der Waals surface area contributed by atoms with Crippen LogP contribution < -0.4 is 15.5 Å². The molecule has 0 unspecified atom stereocenters. The fourth-order valence-corrected chi connectivity index (χ4v) is 4.44. The van der Waals surface area contributed by atoms with Gasteiger partial charge in [-0.05, 0) is 48.6 Å². The number of nitrogens with zero attached hydrogens (tertiary/aromatic N) is 5. The summed E-state index contributed by atoms with van der Waals surface area (Å²) in [5.74, 6) is -0.592. The molecule has 0 bridgehead atoms. The van der Waals surface area contributed by atoms with E-state index in [1.165, 1.54) is 12.3 Å². The highest BCUT2D eigenvalue weighted by atomic mass is 19.1. The van der Waals surface area contributed by atoms with Gasteiger partial charge < -0.3 is 15.5 Å². The van der Waals surface area contributed by atoms with Crippen molar-refractivity contribution in [3.63, 3.8) is 0 Å². The Balaban J connectivity index is 1.47. The Hall–Kier alpha value is -3.79. The molecule has 10 heteroatoms. The first-order chi connectivity index (χ1) is 17.1. The molecule has 0 spiro atoms. The van der Waals surface area contributed by atoms with Gasteiger partial charge in [0, 0.05) is 44.1 Å². The number of hydrogen-bond donors (Lipinski definition) is 2. The summed E-state index contributed by atoms with van der Waals surface area (Å²) < 4.78 is 43.3. The molecule has 1 saturated heterocycles. The summed E-state index contributed by atoms with van der Waals surface area (Å²) in [5, 5.41) is 6.73. The van der Waals surface area contributed by atoms with Gasteiger partial charge >= 0.3 is 0 Å². The third kappa shape index (κ3) is 4.14. The van der Waals surface area contributed by atoms with Crippen LogP contribution >= 0.6 is 0 Å². The molecule has 35 heavy (non-hydrogen) atoms. The van der Waals surface area contributed by atoms with Crippen LogP contribution in [0.5, 0.6) is 0 Å². The maximum Gasteiger partial charge on any atom is 0.239 e. The van der Waals surface area contributed by atoms with Crippen LogP contribution in [0.2, 0.25) is 0 Å². The van der Waals surface area contributed by atoms with Crippen molar-refractivity contribution in [2.75, 3.05) is 36.4 Å². The Morgan fingerprint density at radius 2 is 1.74 bits per heavy atom. The number of pyridine rings is 2.